The Morgan fingerprint density at radius 2 is 1.44 bits per heavy atom. The molecule has 0 aliphatic carbocycles. The van der Waals surface area contributed by atoms with E-state index in [1.54, 1.807) is 0 Å². The third kappa shape index (κ3) is 8.18. The Kier molecular flexibility index (Phi) is 10.9. The van der Waals surface area contributed by atoms with Crippen LogP contribution in [0.15, 0.2) is 0 Å². The number of nitrogens with zero attached hydrogens (tertiary/aromatic N) is 1. The minimum Gasteiger partial charge on any atom is -0.395 e. The van der Waals surface area contributed by atoms with E-state index in [-0.39, 0.29) is 13.2 Å². The topological polar surface area (TPSA) is 62.2 Å². The van der Waals surface area contributed by atoms with Crippen molar-refractivity contribution in [3.63, 3.8) is 0 Å². The van der Waals surface area contributed by atoms with E-state index in [0.717, 1.165) is 19.0 Å². The van der Waals surface area contributed by atoms with Crippen LogP contribution in [0, 0.1) is 0 Å². The summed E-state index contributed by atoms with van der Waals surface area (Å²) in [5.74, 6) is 0. The largest absolute Gasteiger partial charge is 0.395 e. The number of aliphatic hydroxyl groups is 2. The van der Waals surface area contributed by atoms with Gasteiger partial charge in [-0.25, -0.2) is 0 Å². The molecular weight excluding hydrogens is 250 g/mol. The normalized spacial score (nSPS) is 12.3. The van der Waals surface area contributed by atoms with E-state index in [2.05, 4.69) is 11.4 Å². The van der Waals surface area contributed by atoms with Crippen LogP contribution in [0.2, 0.25) is 12.6 Å². The summed E-state index contributed by atoms with van der Waals surface area (Å²) in [6, 6.07) is 0.946. The lowest BCUT2D eigenvalue weighted by molar-refractivity contribution is 0.157. The highest BCUT2D eigenvalue weighted by Gasteiger charge is 2.30. The van der Waals surface area contributed by atoms with Gasteiger partial charge in [0.15, 0.2) is 0 Å². The number of hydrogen-bond donors (Lipinski definition) is 2. The first kappa shape index (κ1) is 18.0. The molecule has 0 bridgehead atoms. The first-order valence-electron chi connectivity index (χ1n) is 6.83. The van der Waals surface area contributed by atoms with Gasteiger partial charge in [0, 0.05) is 26.3 Å². The molecule has 0 aromatic rings. The minimum atomic E-state index is -2.01. The maximum Gasteiger partial charge on any atom is 0.334 e. The maximum absolute atomic E-state index is 8.93. The predicted molar refractivity (Wildman–Crippen MR) is 74.9 cm³/mol. The Hall–Kier alpha value is 0.0169. The Balaban J connectivity index is 4.01. The molecule has 5 nitrogen and oxygen atoms in total. The van der Waals surface area contributed by atoms with Crippen molar-refractivity contribution in [2.45, 2.75) is 32.9 Å². The Labute approximate surface area is 112 Å². The highest BCUT2D eigenvalue weighted by Crippen LogP contribution is 2.16. The van der Waals surface area contributed by atoms with Crippen LogP contribution in [0.5, 0.6) is 0 Å². The van der Waals surface area contributed by atoms with Crippen molar-refractivity contribution in [3.05, 3.63) is 0 Å². The van der Waals surface area contributed by atoms with E-state index in [4.69, 9.17) is 19.1 Å². The molecule has 0 unspecified atom stereocenters. The van der Waals surface area contributed by atoms with Gasteiger partial charge in [0.25, 0.3) is 0 Å². The summed E-state index contributed by atoms with van der Waals surface area (Å²) >= 11 is 0. The van der Waals surface area contributed by atoms with Crippen LogP contribution in [0.3, 0.4) is 0 Å². The first-order valence-corrected chi connectivity index (χ1v) is 9.36. The van der Waals surface area contributed by atoms with Gasteiger partial charge in [-0.3, -0.25) is 4.90 Å². The van der Waals surface area contributed by atoms with E-state index in [0.29, 0.717) is 26.3 Å². The number of hydrogen-bond acceptors (Lipinski definition) is 5. The quantitative estimate of drug-likeness (QED) is 0.518. The molecule has 0 saturated carbocycles. The highest BCUT2D eigenvalue weighted by atomic mass is 28.4. The van der Waals surface area contributed by atoms with Gasteiger partial charge < -0.3 is 19.1 Å². The fourth-order valence-corrected chi connectivity index (χ4v) is 4.43. The Bertz CT molecular complexity index is 183. The van der Waals surface area contributed by atoms with Crippen LogP contribution in [0.25, 0.3) is 0 Å². The van der Waals surface area contributed by atoms with Crippen LogP contribution in [0.1, 0.15) is 20.3 Å². The van der Waals surface area contributed by atoms with Crippen molar-refractivity contribution < 1.29 is 19.1 Å². The molecule has 18 heavy (non-hydrogen) atoms. The third-order valence-electron chi connectivity index (χ3n) is 2.84. The van der Waals surface area contributed by atoms with Gasteiger partial charge in [-0.15, -0.1) is 0 Å². The molecule has 0 amide bonds. The molecule has 0 aliphatic heterocycles. The van der Waals surface area contributed by atoms with E-state index in [1.165, 1.54) is 0 Å². The molecule has 0 radical (unpaired) electrons. The summed E-state index contributed by atoms with van der Waals surface area (Å²) in [5, 5.41) is 17.9. The molecule has 0 rings (SSSR count). The zero-order valence-corrected chi connectivity index (χ0v) is 13.0. The van der Waals surface area contributed by atoms with Crippen LogP contribution in [-0.2, 0) is 8.85 Å². The summed E-state index contributed by atoms with van der Waals surface area (Å²) in [4.78, 5) is 2.06. The molecule has 0 saturated heterocycles. The number of aliphatic hydroxyl groups excluding tert-OH is 2. The molecule has 6 heteroatoms. The van der Waals surface area contributed by atoms with Gasteiger partial charge in [0.05, 0.1) is 13.2 Å². The summed E-state index contributed by atoms with van der Waals surface area (Å²) < 4.78 is 11.5. The summed E-state index contributed by atoms with van der Waals surface area (Å²) in [6.45, 7) is 9.83. The summed E-state index contributed by atoms with van der Waals surface area (Å²) in [6.07, 6.45) is 0.975. The van der Waals surface area contributed by atoms with Crippen LogP contribution in [0.4, 0.5) is 0 Å². The fraction of sp³-hybridized carbons (Fsp3) is 1.00. The van der Waals surface area contributed by atoms with Crippen LogP contribution < -0.4 is 0 Å². The second-order valence-corrected chi connectivity index (χ2v) is 7.74. The first-order chi connectivity index (χ1) is 8.61. The van der Waals surface area contributed by atoms with Gasteiger partial charge in [-0.2, -0.15) is 0 Å². The van der Waals surface area contributed by atoms with Crippen LogP contribution >= 0.6 is 0 Å². The molecule has 110 valence electrons. The molecule has 2 N–H and O–H groups in total. The van der Waals surface area contributed by atoms with E-state index < -0.39 is 8.56 Å². The average Bonchev–Trinajstić information content (AvgIpc) is 2.30. The Morgan fingerprint density at radius 1 is 0.944 bits per heavy atom. The monoisotopic (exact) mass is 279 g/mol. The highest BCUT2D eigenvalue weighted by molar-refractivity contribution is 6.66. The second-order valence-electron chi connectivity index (χ2n) is 4.39. The van der Waals surface area contributed by atoms with Crippen molar-refractivity contribution in [1.82, 2.24) is 4.90 Å². The maximum atomic E-state index is 8.93. The van der Waals surface area contributed by atoms with Gasteiger partial charge in [0.2, 0.25) is 0 Å². The SMILES string of the molecule is CCO[Si](C)(CCCN(CCO)CCO)OCC. The lowest BCUT2D eigenvalue weighted by Gasteiger charge is -2.27. The summed E-state index contributed by atoms with van der Waals surface area (Å²) in [5.41, 5.74) is 0. The van der Waals surface area contributed by atoms with Crippen LogP contribution in [-0.4, -0.2) is 69.7 Å². The van der Waals surface area contributed by atoms with Crippen molar-refractivity contribution >= 4 is 8.56 Å². The molecule has 0 aromatic heterocycles. The van der Waals surface area contributed by atoms with Crippen molar-refractivity contribution in [2.75, 3.05) is 46.1 Å². The average molecular weight is 279 g/mol. The number of rotatable bonds is 12. The van der Waals surface area contributed by atoms with Gasteiger partial charge >= 0.3 is 8.56 Å². The second kappa shape index (κ2) is 10.9. The standard InChI is InChI=1S/C12H29NO4Si/c1-4-16-18(3,17-5-2)12-6-7-13(8-10-14)9-11-15/h14-15H,4-12H2,1-3H3. The lowest BCUT2D eigenvalue weighted by atomic mass is 10.4. The molecule has 0 heterocycles. The van der Waals surface area contributed by atoms with Crippen molar-refractivity contribution in [2.24, 2.45) is 0 Å². The lowest BCUT2D eigenvalue weighted by Crippen LogP contribution is -2.40. The minimum absolute atomic E-state index is 0.131. The van der Waals surface area contributed by atoms with Gasteiger partial charge in [0.1, 0.15) is 0 Å². The molecule has 0 atom stereocenters. The fourth-order valence-electron chi connectivity index (χ4n) is 2.04. The van der Waals surface area contributed by atoms with Crippen molar-refractivity contribution in [1.29, 1.82) is 0 Å². The molecular formula is C12H29NO4Si. The molecule has 0 aliphatic rings. The summed E-state index contributed by atoms with van der Waals surface area (Å²) in [7, 11) is -2.01. The van der Waals surface area contributed by atoms with E-state index >= 15 is 0 Å². The third-order valence-corrected chi connectivity index (χ3v) is 5.90. The zero-order chi connectivity index (χ0) is 13.9. The smallest absolute Gasteiger partial charge is 0.334 e. The van der Waals surface area contributed by atoms with Gasteiger partial charge in [-0.05, 0) is 39.4 Å². The van der Waals surface area contributed by atoms with E-state index in [9.17, 15) is 0 Å². The van der Waals surface area contributed by atoms with Crippen molar-refractivity contribution in [3.8, 4) is 0 Å². The van der Waals surface area contributed by atoms with Gasteiger partial charge in [-0.1, -0.05) is 0 Å². The molecule has 0 aromatic carbocycles. The zero-order valence-electron chi connectivity index (χ0n) is 12.0. The van der Waals surface area contributed by atoms with E-state index in [1.807, 2.05) is 13.8 Å². The Morgan fingerprint density at radius 3 is 1.83 bits per heavy atom. The molecule has 0 spiro atoms. The predicted octanol–water partition coefficient (Wildman–Crippen LogP) is 0.808. The molecule has 0 fully saturated rings.